The fourth-order valence-electron chi connectivity index (χ4n) is 4.21. The molecule has 0 aliphatic carbocycles. The lowest BCUT2D eigenvalue weighted by atomic mass is 9.74. The van der Waals surface area contributed by atoms with E-state index in [1.165, 1.54) is 0 Å². The van der Waals surface area contributed by atoms with E-state index in [1.54, 1.807) is 12.1 Å². The van der Waals surface area contributed by atoms with Crippen LogP contribution in [0, 0.1) is 5.92 Å². The number of aromatic hydroxyl groups is 1. The lowest BCUT2D eigenvalue weighted by Crippen LogP contribution is -2.42. The molecule has 2 aliphatic heterocycles. The van der Waals surface area contributed by atoms with Crippen LogP contribution in [0.25, 0.3) is 6.08 Å². The van der Waals surface area contributed by atoms with Gasteiger partial charge in [-0.25, -0.2) is 8.42 Å². The fourth-order valence-corrected chi connectivity index (χ4v) is 6.49. The van der Waals surface area contributed by atoms with Crippen molar-refractivity contribution in [3.63, 3.8) is 0 Å². The Balaban J connectivity index is 1.84. The van der Waals surface area contributed by atoms with Gasteiger partial charge in [-0.2, -0.15) is 0 Å². The Morgan fingerprint density at radius 1 is 1.36 bits per heavy atom. The molecule has 0 radical (unpaired) electrons. The molecule has 0 bridgehead atoms. The third-order valence-electron chi connectivity index (χ3n) is 5.77. The van der Waals surface area contributed by atoms with Crippen molar-refractivity contribution >= 4 is 23.0 Å². The Hall–Kier alpha value is -1.57. The smallest absolute Gasteiger partial charge is 0.456 e. The quantitative estimate of drug-likeness (QED) is 0.559. The van der Waals surface area contributed by atoms with Crippen molar-refractivity contribution in [1.82, 2.24) is 0 Å². The first-order valence-corrected chi connectivity index (χ1v) is 11.7. The third kappa shape index (κ3) is 4.37. The van der Waals surface area contributed by atoms with Crippen molar-refractivity contribution in [3.8, 4) is 5.75 Å². The van der Waals surface area contributed by atoms with E-state index in [0.717, 1.165) is 28.7 Å². The summed E-state index contributed by atoms with van der Waals surface area (Å²) < 4.78 is 31.1. The van der Waals surface area contributed by atoms with Crippen molar-refractivity contribution in [3.05, 3.63) is 46.5 Å². The van der Waals surface area contributed by atoms with Crippen LogP contribution in [0.2, 0.25) is 6.32 Å². The first-order chi connectivity index (χ1) is 13.2. The van der Waals surface area contributed by atoms with E-state index in [4.69, 9.17) is 4.65 Å². The van der Waals surface area contributed by atoms with Crippen LogP contribution in [0.4, 0.5) is 0 Å². The number of hydrogen-bond donors (Lipinski definition) is 2. The van der Waals surface area contributed by atoms with E-state index in [0.29, 0.717) is 12.8 Å². The molecule has 0 spiro atoms. The van der Waals surface area contributed by atoms with Crippen LogP contribution in [-0.4, -0.2) is 42.8 Å². The normalized spacial score (nSPS) is 24.8. The molecule has 0 aromatic heterocycles. The van der Waals surface area contributed by atoms with Gasteiger partial charge in [-0.05, 0) is 42.4 Å². The minimum absolute atomic E-state index is 0.0750. The molecule has 2 N–H and O–H groups in total. The lowest BCUT2D eigenvalue weighted by Gasteiger charge is -2.32. The number of fused-ring (bicyclic) bond motifs is 1. The zero-order chi connectivity index (χ0) is 20.5. The fraction of sp³-hybridized carbons (Fsp3) is 0.524. The Morgan fingerprint density at radius 3 is 2.71 bits per heavy atom. The summed E-state index contributed by atoms with van der Waals surface area (Å²) in [6.45, 7) is 6.08. The van der Waals surface area contributed by atoms with Crippen molar-refractivity contribution in [1.29, 1.82) is 0 Å². The van der Waals surface area contributed by atoms with E-state index in [9.17, 15) is 18.5 Å². The van der Waals surface area contributed by atoms with Gasteiger partial charge in [0.25, 0.3) is 0 Å². The van der Waals surface area contributed by atoms with Gasteiger partial charge < -0.3 is 14.8 Å². The van der Waals surface area contributed by atoms with Gasteiger partial charge >= 0.3 is 7.12 Å². The number of phenols is 1. The minimum atomic E-state index is -3.27. The van der Waals surface area contributed by atoms with Crippen molar-refractivity contribution in [2.45, 2.75) is 57.7 Å². The molecule has 0 saturated carbocycles. The number of phenolic OH excluding ortho intramolecular Hbond substituents is 1. The van der Waals surface area contributed by atoms with Gasteiger partial charge in [0.05, 0.1) is 17.1 Å². The van der Waals surface area contributed by atoms with Gasteiger partial charge in [-0.15, -0.1) is 0 Å². The Kier molecular flexibility index (Phi) is 6.37. The average Bonchev–Trinajstić information content (AvgIpc) is 2.91. The first kappa shape index (κ1) is 21.2. The van der Waals surface area contributed by atoms with Crippen molar-refractivity contribution < 1.29 is 23.2 Å². The molecule has 7 heteroatoms. The molecule has 1 aromatic carbocycles. The number of sulfone groups is 1. The number of hydrogen-bond acceptors (Lipinski definition) is 5. The Labute approximate surface area is 168 Å². The Morgan fingerprint density at radius 2 is 2.07 bits per heavy atom. The van der Waals surface area contributed by atoms with E-state index < -0.39 is 22.2 Å². The lowest BCUT2D eigenvalue weighted by molar-refractivity contribution is 0.169. The van der Waals surface area contributed by atoms with Crippen LogP contribution in [-0.2, 0) is 14.5 Å². The van der Waals surface area contributed by atoms with Gasteiger partial charge in [-0.1, -0.05) is 50.6 Å². The molecule has 0 amide bonds. The van der Waals surface area contributed by atoms with Gasteiger partial charge in [0, 0.05) is 11.9 Å². The largest absolute Gasteiger partial charge is 0.507 e. The maximum absolute atomic E-state index is 12.6. The predicted octanol–water partition coefficient (Wildman–Crippen LogP) is 3.59. The highest BCUT2D eigenvalue weighted by Crippen LogP contribution is 2.41. The number of para-hydroxylation sites is 1. The molecule has 2 atom stereocenters. The summed E-state index contributed by atoms with van der Waals surface area (Å²) in [5.41, 5.74) is 3.74. The summed E-state index contributed by atoms with van der Waals surface area (Å²) in [7, 11) is -4.32. The zero-order valence-corrected chi connectivity index (χ0v) is 17.6. The van der Waals surface area contributed by atoms with Crippen LogP contribution in [0.5, 0.6) is 5.75 Å². The van der Waals surface area contributed by atoms with Crippen LogP contribution in [0.3, 0.4) is 0 Å². The molecule has 1 fully saturated rings. The van der Waals surface area contributed by atoms with E-state index in [1.807, 2.05) is 32.1 Å². The Bertz CT molecular complexity index is 888. The van der Waals surface area contributed by atoms with Crippen molar-refractivity contribution in [2.75, 3.05) is 5.75 Å². The molecule has 2 aliphatic rings. The molecule has 2 heterocycles. The minimum Gasteiger partial charge on any atom is -0.507 e. The molecular formula is C21H29BO5S. The molecule has 1 saturated heterocycles. The van der Waals surface area contributed by atoms with Crippen LogP contribution < -0.4 is 0 Å². The molecule has 0 unspecified atom stereocenters. The standard InChI is InChI=1S/C21H29BO5S/c1-4-15(11-16-7-5-6-8-18(16)23)9-10-19-21-17(14(2)3)13-28(25,26)20(21)12-22(24)27-19/h5-8,11,14,19-20,23-24H,4,9-10,12-13H2,1-3H3/b15-11+/t19-,20+/m1/s1. The molecule has 3 rings (SSSR count). The highest BCUT2D eigenvalue weighted by Gasteiger charge is 2.48. The van der Waals surface area contributed by atoms with Gasteiger partial charge in [0.1, 0.15) is 5.75 Å². The van der Waals surface area contributed by atoms with Crippen LogP contribution in [0.1, 0.15) is 45.6 Å². The summed E-state index contributed by atoms with van der Waals surface area (Å²) in [6, 6.07) is 7.20. The van der Waals surface area contributed by atoms with Gasteiger partial charge in [-0.3, -0.25) is 0 Å². The van der Waals surface area contributed by atoms with E-state index in [2.05, 4.69) is 6.92 Å². The molecule has 1 aromatic rings. The first-order valence-electron chi connectivity index (χ1n) is 9.98. The van der Waals surface area contributed by atoms with Gasteiger partial charge in [0.15, 0.2) is 9.84 Å². The van der Waals surface area contributed by atoms with E-state index in [-0.39, 0.29) is 29.8 Å². The number of rotatable bonds is 6. The molecule has 5 nitrogen and oxygen atoms in total. The number of benzene rings is 1. The summed E-state index contributed by atoms with van der Waals surface area (Å²) in [5.74, 6) is 0.453. The highest BCUT2D eigenvalue weighted by atomic mass is 32.2. The van der Waals surface area contributed by atoms with Gasteiger partial charge in [0.2, 0.25) is 0 Å². The SMILES string of the molecule is CC/C(=C\c1ccccc1O)CC[C@H]1OB(O)C[C@H]2C1=C(C(C)C)CS2(=O)=O. The molecule has 152 valence electrons. The molecular weight excluding hydrogens is 375 g/mol. The second kappa shape index (κ2) is 8.43. The predicted molar refractivity (Wildman–Crippen MR) is 113 cm³/mol. The average molecular weight is 404 g/mol. The summed E-state index contributed by atoms with van der Waals surface area (Å²) in [6.07, 6.45) is 3.86. The monoisotopic (exact) mass is 404 g/mol. The topological polar surface area (TPSA) is 83.8 Å². The van der Waals surface area contributed by atoms with Crippen LogP contribution in [0.15, 0.2) is 41.0 Å². The summed E-state index contributed by atoms with van der Waals surface area (Å²) >= 11 is 0. The zero-order valence-electron chi connectivity index (χ0n) is 16.8. The molecule has 28 heavy (non-hydrogen) atoms. The highest BCUT2D eigenvalue weighted by molar-refractivity contribution is 7.92. The number of allylic oxidation sites excluding steroid dienone is 1. The third-order valence-corrected chi connectivity index (χ3v) is 7.79. The van der Waals surface area contributed by atoms with Crippen LogP contribution >= 0.6 is 0 Å². The van der Waals surface area contributed by atoms with Crippen molar-refractivity contribution in [2.24, 2.45) is 5.92 Å². The van der Waals surface area contributed by atoms with E-state index >= 15 is 0 Å². The summed E-state index contributed by atoms with van der Waals surface area (Å²) in [5, 5.41) is 19.5. The maximum Gasteiger partial charge on any atom is 0.456 e. The second-order valence-corrected chi connectivity index (χ2v) is 10.2. The maximum atomic E-state index is 12.6. The summed E-state index contributed by atoms with van der Waals surface area (Å²) in [4.78, 5) is 0. The second-order valence-electron chi connectivity index (χ2n) is 8.00.